The van der Waals surface area contributed by atoms with Crippen molar-refractivity contribution in [1.29, 1.82) is 5.41 Å². The molecule has 0 spiro atoms. The number of rotatable bonds is 5. The molecule has 0 unspecified atom stereocenters. The summed E-state index contributed by atoms with van der Waals surface area (Å²) in [7, 11) is 1.56. The standard InChI is InChI=1S/C14H14ClN3O2/c1-19-13-4-2-3-9(18-13)8-20-10-5-6-11(14(16)17)12(15)7-10/h2-7H,8H2,1H3,(H3,16,17). The highest BCUT2D eigenvalue weighted by Crippen LogP contribution is 2.23. The maximum Gasteiger partial charge on any atom is 0.213 e. The lowest BCUT2D eigenvalue weighted by molar-refractivity contribution is 0.298. The van der Waals surface area contributed by atoms with E-state index in [1.165, 1.54) is 0 Å². The van der Waals surface area contributed by atoms with Gasteiger partial charge in [0.15, 0.2) is 0 Å². The van der Waals surface area contributed by atoms with Gasteiger partial charge in [0.1, 0.15) is 18.2 Å². The largest absolute Gasteiger partial charge is 0.487 e. The molecule has 0 aliphatic carbocycles. The van der Waals surface area contributed by atoms with Gasteiger partial charge in [-0.15, -0.1) is 0 Å². The van der Waals surface area contributed by atoms with Crippen molar-refractivity contribution in [2.75, 3.05) is 7.11 Å². The lowest BCUT2D eigenvalue weighted by Gasteiger charge is -2.09. The molecule has 2 aromatic rings. The van der Waals surface area contributed by atoms with Crippen LogP contribution < -0.4 is 15.2 Å². The predicted octanol–water partition coefficient (Wildman–Crippen LogP) is 2.61. The summed E-state index contributed by atoms with van der Waals surface area (Å²) in [6.07, 6.45) is 0. The van der Waals surface area contributed by atoms with Gasteiger partial charge in [0.05, 0.1) is 17.8 Å². The fraction of sp³-hybridized carbons (Fsp3) is 0.143. The first-order valence-electron chi connectivity index (χ1n) is 5.87. The molecule has 0 atom stereocenters. The third kappa shape index (κ3) is 3.39. The molecule has 104 valence electrons. The molecule has 0 amide bonds. The molecule has 0 fully saturated rings. The van der Waals surface area contributed by atoms with Crippen LogP contribution in [0.15, 0.2) is 36.4 Å². The van der Waals surface area contributed by atoms with Crippen LogP contribution in [-0.2, 0) is 6.61 Å². The van der Waals surface area contributed by atoms with Crippen LogP contribution >= 0.6 is 11.6 Å². The van der Waals surface area contributed by atoms with Gasteiger partial charge in [0, 0.05) is 11.6 Å². The molecule has 20 heavy (non-hydrogen) atoms. The van der Waals surface area contributed by atoms with Gasteiger partial charge in [-0.3, -0.25) is 5.41 Å². The SMILES string of the molecule is COc1cccc(COc2ccc(C(=N)N)c(Cl)c2)n1. The number of amidine groups is 1. The monoisotopic (exact) mass is 291 g/mol. The normalized spacial score (nSPS) is 10.1. The molecule has 3 N–H and O–H groups in total. The van der Waals surface area contributed by atoms with Crippen LogP contribution in [0.25, 0.3) is 0 Å². The van der Waals surface area contributed by atoms with Crippen LogP contribution in [0.4, 0.5) is 0 Å². The Kier molecular flexibility index (Phi) is 4.42. The minimum atomic E-state index is -0.0731. The highest BCUT2D eigenvalue weighted by molar-refractivity contribution is 6.34. The zero-order valence-corrected chi connectivity index (χ0v) is 11.6. The number of halogens is 1. The first kappa shape index (κ1) is 14.1. The van der Waals surface area contributed by atoms with Crippen molar-refractivity contribution in [3.05, 3.63) is 52.7 Å². The number of aromatic nitrogens is 1. The molecule has 5 nitrogen and oxygen atoms in total. The maximum absolute atomic E-state index is 7.36. The Hall–Kier alpha value is -2.27. The smallest absolute Gasteiger partial charge is 0.213 e. The topological polar surface area (TPSA) is 81.2 Å². The fourth-order valence-electron chi connectivity index (χ4n) is 1.61. The molecule has 0 aliphatic rings. The minimum absolute atomic E-state index is 0.0731. The fourth-order valence-corrected chi connectivity index (χ4v) is 1.89. The van der Waals surface area contributed by atoms with Crippen molar-refractivity contribution in [2.24, 2.45) is 5.73 Å². The van der Waals surface area contributed by atoms with Gasteiger partial charge < -0.3 is 15.2 Å². The number of hydrogen-bond acceptors (Lipinski definition) is 4. The van der Waals surface area contributed by atoms with Gasteiger partial charge in [-0.05, 0) is 24.3 Å². The van der Waals surface area contributed by atoms with Crippen molar-refractivity contribution in [2.45, 2.75) is 6.61 Å². The van der Waals surface area contributed by atoms with Crippen LogP contribution in [0.3, 0.4) is 0 Å². The average molecular weight is 292 g/mol. The summed E-state index contributed by atoms with van der Waals surface area (Å²) < 4.78 is 10.6. The summed E-state index contributed by atoms with van der Waals surface area (Å²) in [6, 6.07) is 10.4. The van der Waals surface area contributed by atoms with Crippen LogP contribution in [-0.4, -0.2) is 17.9 Å². The molecular formula is C14H14ClN3O2. The van der Waals surface area contributed by atoms with E-state index in [4.69, 9.17) is 32.2 Å². The number of nitrogens with zero attached hydrogens (tertiary/aromatic N) is 1. The molecule has 0 saturated heterocycles. The third-order valence-electron chi connectivity index (χ3n) is 2.61. The molecular weight excluding hydrogens is 278 g/mol. The summed E-state index contributed by atoms with van der Waals surface area (Å²) in [4.78, 5) is 4.24. The van der Waals surface area contributed by atoms with E-state index in [0.29, 0.717) is 28.8 Å². The maximum atomic E-state index is 7.36. The van der Waals surface area contributed by atoms with Crippen molar-refractivity contribution < 1.29 is 9.47 Å². The number of ether oxygens (including phenoxy) is 2. The van der Waals surface area contributed by atoms with Crippen LogP contribution in [0, 0.1) is 5.41 Å². The number of nitrogens with one attached hydrogen (secondary N) is 1. The zero-order chi connectivity index (χ0) is 14.5. The van der Waals surface area contributed by atoms with Gasteiger partial charge >= 0.3 is 0 Å². The van der Waals surface area contributed by atoms with Crippen LogP contribution in [0.1, 0.15) is 11.3 Å². The Morgan fingerprint density at radius 3 is 2.80 bits per heavy atom. The van der Waals surface area contributed by atoms with Crippen LogP contribution in [0.2, 0.25) is 5.02 Å². The van der Waals surface area contributed by atoms with E-state index in [-0.39, 0.29) is 5.84 Å². The second-order valence-electron chi connectivity index (χ2n) is 4.02. The van der Waals surface area contributed by atoms with E-state index in [2.05, 4.69) is 4.98 Å². The molecule has 0 aliphatic heterocycles. The molecule has 0 bridgehead atoms. The number of methoxy groups -OCH3 is 1. The highest BCUT2D eigenvalue weighted by Gasteiger charge is 2.06. The lowest BCUT2D eigenvalue weighted by atomic mass is 10.2. The number of hydrogen-bond donors (Lipinski definition) is 2. The Balaban J connectivity index is 2.07. The Morgan fingerprint density at radius 1 is 1.35 bits per heavy atom. The Bertz CT molecular complexity index is 632. The van der Waals surface area contributed by atoms with E-state index in [9.17, 15) is 0 Å². The van der Waals surface area contributed by atoms with E-state index < -0.39 is 0 Å². The van der Waals surface area contributed by atoms with Crippen molar-refractivity contribution >= 4 is 17.4 Å². The average Bonchev–Trinajstić information content (AvgIpc) is 2.45. The number of pyridine rings is 1. The minimum Gasteiger partial charge on any atom is -0.487 e. The predicted molar refractivity (Wildman–Crippen MR) is 77.6 cm³/mol. The highest BCUT2D eigenvalue weighted by atomic mass is 35.5. The van der Waals surface area contributed by atoms with Crippen molar-refractivity contribution in [3.63, 3.8) is 0 Å². The molecule has 1 aromatic carbocycles. The summed E-state index contributed by atoms with van der Waals surface area (Å²) in [5.41, 5.74) is 6.63. The van der Waals surface area contributed by atoms with Crippen LogP contribution in [0.5, 0.6) is 11.6 Å². The quantitative estimate of drug-likeness (QED) is 0.655. The Labute approximate surface area is 121 Å². The second kappa shape index (κ2) is 6.25. The van der Waals surface area contributed by atoms with Gasteiger partial charge in [0.25, 0.3) is 0 Å². The molecule has 0 radical (unpaired) electrons. The first-order valence-corrected chi connectivity index (χ1v) is 6.24. The Morgan fingerprint density at radius 2 is 2.15 bits per heavy atom. The van der Waals surface area contributed by atoms with Crippen molar-refractivity contribution in [3.8, 4) is 11.6 Å². The molecule has 1 aromatic heterocycles. The summed E-state index contributed by atoms with van der Waals surface area (Å²) in [5, 5.41) is 7.74. The summed E-state index contributed by atoms with van der Waals surface area (Å²) >= 11 is 6.02. The van der Waals surface area contributed by atoms with Crippen molar-refractivity contribution in [1.82, 2.24) is 4.98 Å². The summed E-state index contributed by atoms with van der Waals surface area (Å²) in [6.45, 7) is 0.299. The van der Waals surface area contributed by atoms with Gasteiger partial charge in [-0.2, -0.15) is 0 Å². The number of nitrogen functional groups attached to an aromatic ring is 1. The van der Waals surface area contributed by atoms with Gasteiger partial charge in [0.2, 0.25) is 5.88 Å². The molecule has 0 saturated carbocycles. The number of nitrogens with two attached hydrogens (primary N) is 1. The summed E-state index contributed by atoms with van der Waals surface area (Å²) in [5.74, 6) is 1.05. The zero-order valence-electron chi connectivity index (χ0n) is 10.9. The second-order valence-corrected chi connectivity index (χ2v) is 4.42. The third-order valence-corrected chi connectivity index (χ3v) is 2.92. The first-order chi connectivity index (χ1) is 9.60. The molecule has 2 rings (SSSR count). The van der Waals surface area contributed by atoms with E-state index in [0.717, 1.165) is 5.69 Å². The van der Waals surface area contributed by atoms with E-state index >= 15 is 0 Å². The van der Waals surface area contributed by atoms with Gasteiger partial charge in [-0.25, -0.2) is 4.98 Å². The number of benzene rings is 1. The van der Waals surface area contributed by atoms with E-state index in [1.54, 1.807) is 31.4 Å². The van der Waals surface area contributed by atoms with E-state index in [1.807, 2.05) is 12.1 Å². The lowest BCUT2D eigenvalue weighted by Crippen LogP contribution is -2.11. The molecule has 1 heterocycles. The van der Waals surface area contributed by atoms with Gasteiger partial charge in [-0.1, -0.05) is 17.7 Å². The molecule has 6 heteroatoms.